The number of nitrogens with zero attached hydrogens (tertiary/aromatic N) is 3. The molecule has 3 rings (SSSR count). The Kier molecular flexibility index (Phi) is 3.74. The van der Waals surface area contributed by atoms with E-state index in [0.717, 1.165) is 11.3 Å². The average molecular weight is 291 g/mol. The van der Waals surface area contributed by atoms with E-state index in [0.29, 0.717) is 17.2 Å². The standard InChI is InChI=1S/C16H13N5O/c17-14(22)13-6-2-7-20-16(13)21-12-5-1-4-11(10-12)15-18-8-3-9-19-15/h1-10H,(H2,17,22)(H,20,21). The zero-order chi connectivity index (χ0) is 15.4. The van der Waals surface area contributed by atoms with Crippen LogP contribution in [0, 0.1) is 0 Å². The van der Waals surface area contributed by atoms with Crippen molar-refractivity contribution in [2.75, 3.05) is 5.32 Å². The van der Waals surface area contributed by atoms with Gasteiger partial charge in [-0.2, -0.15) is 0 Å². The highest BCUT2D eigenvalue weighted by Gasteiger charge is 2.09. The number of benzene rings is 1. The smallest absolute Gasteiger partial charge is 0.252 e. The first kappa shape index (κ1) is 13.7. The third-order valence-corrected chi connectivity index (χ3v) is 3.02. The number of carbonyl (C=O) groups is 1. The Morgan fingerprint density at radius 3 is 2.50 bits per heavy atom. The maximum atomic E-state index is 11.4. The Bertz CT molecular complexity index is 804. The van der Waals surface area contributed by atoms with Gasteiger partial charge in [0.15, 0.2) is 5.82 Å². The molecule has 1 aromatic carbocycles. The molecule has 0 fully saturated rings. The van der Waals surface area contributed by atoms with Crippen molar-refractivity contribution >= 4 is 17.4 Å². The molecule has 0 bridgehead atoms. The predicted octanol–water partition coefficient (Wildman–Crippen LogP) is 2.38. The van der Waals surface area contributed by atoms with Gasteiger partial charge in [0.05, 0.1) is 5.56 Å². The number of nitrogens with one attached hydrogen (secondary N) is 1. The molecule has 0 unspecified atom stereocenters. The van der Waals surface area contributed by atoms with Gasteiger partial charge in [-0.3, -0.25) is 4.79 Å². The van der Waals surface area contributed by atoms with E-state index in [9.17, 15) is 4.79 Å². The molecule has 0 atom stereocenters. The van der Waals surface area contributed by atoms with Crippen molar-refractivity contribution in [3.63, 3.8) is 0 Å². The summed E-state index contributed by atoms with van der Waals surface area (Å²) in [6.45, 7) is 0. The molecule has 0 radical (unpaired) electrons. The summed E-state index contributed by atoms with van der Waals surface area (Å²) in [7, 11) is 0. The number of primary amides is 1. The molecule has 6 nitrogen and oxygen atoms in total. The van der Waals surface area contributed by atoms with E-state index < -0.39 is 5.91 Å². The summed E-state index contributed by atoms with van der Waals surface area (Å²) < 4.78 is 0. The minimum Gasteiger partial charge on any atom is -0.365 e. The lowest BCUT2D eigenvalue weighted by molar-refractivity contribution is 0.100. The van der Waals surface area contributed by atoms with Crippen LogP contribution < -0.4 is 11.1 Å². The molecule has 6 heteroatoms. The van der Waals surface area contributed by atoms with E-state index >= 15 is 0 Å². The monoisotopic (exact) mass is 291 g/mol. The van der Waals surface area contributed by atoms with Crippen molar-refractivity contribution in [1.82, 2.24) is 15.0 Å². The Labute approximate surface area is 127 Å². The van der Waals surface area contributed by atoms with Crippen LogP contribution in [-0.4, -0.2) is 20.9 Å². The molecule has 2 heterocycles. The summed E-state index contributed by atoms with van der Waals surface area (Å²) in [6, 6.07) is 12.6. The summed E-state index contributed by atoms with van der Waals surface area (Å²) in [4.78, 5) is 24.0. The maximum Gasteiger partial charge on any atom is 0.252 e. The fourth-order valence-electron chi connectivity index (χ4n) is 2.02. The van der Waals surface area contributed by atoms with E-state index in [-0.39, 0.29) is 0 Å². The van der Waals surface area contributed by atoms with E-state index in [1.54, 1.807) is 36.8 Å². The molecule has 108 valence electrons. The van der Waals surface area contributed by atoms with E-state index in [4.69, 9.17) is 5.73 Å². The number of anilines is 2. The number of hydrogen-bond donors (Lipinski definition) is 2. The molecule has 0 aliphatic heterocycles. The maximum absolute atomic E-state index is 11.4. The van der Waals surface area contributed by atoms with Gasteiger partial charge in [-0.25, -0.2) is 15.0 Å². The second kappa shape index (κ2) is 6.01. The molecule has 3 N–H and O–H groups in total. The zero-order valence-electron chi connectivity index (χ0n) is 11.6. The topological polar surface area (TPSA) is 93.8 Å². The van der Waals surface area contributed by atoms with Gasteiger partial charge in [0.25, 0.3) is 5.91 Å². The Balaban J connectivity index is 1.93. The van der Waals surface area contributed by atoms with Crippen molar-refractivity contribution in [3.05, 3.63) is 66.6 Å². The van der Waals surface area contributed by atoms with E-state index in [1.165, 1.54) is 0 Å². The SMILES string of the molecule is NC(=O)c1cccnc1Nc1cccc(-c2ncccn2)c1. The van der Waals surface area contributed by atoms with Crippen molar-refractivity contribution in [2.24, 2.45) is 5.73 Å². The third-order valence-electron chi connectivity index (χ3n) is 3.02. The Morgan fingerprint density at radius 2 is 1.73 bits per heavy atom. The molecule has 0 spiro atoms. The molecule has 2 aromatic heterocycles. The molecular formula is C16H13N5O. The summed E-state index contributed by atoms with van der Waals surface area (Å²) in [5.74, 6) is 0.515. The van der Waals surface area contributed by atoms with Crippen LogP contribution in [0.4, 0.5) is 11.5 Å². The first-order valence-electron chi connectivity index (χ1n) is 6.63. The van der Waals surface area contributed by atoms with Crippen molar-refractivity contribution in [3.8, 4) is 11.4 Å². The molecule has 22 heavy (non-hydrogen) atoms. The fourth-order valence-corrected chi connectivity index (χ4v) is 2.02. The molecule has 0 saturated carbocycles. The number of nitrogens with two attached hydrogens (primary N) is 1. The highest BCUT2D eigenvalue weighted by molar-refractivity contribution is 5.98. The highest BCUT2D eigenvalue weighted by Crippen LogP contribution is 2.22. The van der Waals surface area contributed by atoms with Gasteiger partial charge in [-0.15, -0.1) is 0 Å². The normalized spacial score (nSPS) is 10.2. The number of pyridine rings is 1. The molecule has 0 aliphatic rings. The van der Waals surface area contributed by atoms with E-state index in [1.807, 2.05) is 24.3 Å². The van der Waals surface area contributed by atoms with Crippen molar-refractivity contribution in [1.29, 1.82) is 0 Å². The van der Waals surface area contributed by atoms with Crippen molar-refractivity contribution < 1.29 is 4.79 Å². The summed E-state index contributed by atoms with van der Waals surface area (Å²) in [5, 5.41) is 3.10. The van der Waals surface area contributed by atoms with Gasteiger partial charge in [0, 0.05) is 29.8 Å². The minimum absolute atomic E-state index is 0.337. The molecule has 1 amide bonds. The van der Waals surface area contributed by atoms with Gasteiger partial charge in [-0.1, -0.05) is 12.1 Å². The second-order valence-corrected chi connectivity index (χ2v) is 4.54. The number of rotatable bonds is 4. The van der Waals surface area contributed by atoms with Gasteiger partial charge in [0.2, 0.25) is 0 Å². The van der Waals surface area contributed by atoms with Crippen LogP contribution in [-0.2, 0) is 0 Å². The predicted molar refractivity (Wildman–Crippen MR) is 83.5 cm³/mol. The van der Waals surface area contributed by atoms with Gasteiger partial charge in [-0.05, 0) is 30.3 Å². The highest BCUT2D eigenvalue weighted by atomic mass is 16.1. The number of carbonyl (C=O) groups excluding carboxylic acids is 1. The largest absolute Gasteiger partial charge is 0.365 e. The van der Waals surface area contributed by atoms with Gasteiger partial charge < -0.3 is 11.1 Å². The van der Waals surface area contributed by atoms with Crippen LogP contribution in [0.15, 0.2) is 61.1 Å². The van der Waals surface area contributed by atoms with Crippen LogP contribution in [0.5, 0.6) is 0 Å². The van der Waals surface area contributed by atoms with Crippen molar-refractivity contribution in [2.45, 2.75) is 0 Å². The first-order chi connectivity index (χ1) is 10.7. The zero-order valence-corrected chi connectivity index (χ0v) is 11.6. The van der Waals surface area contributed by atoms with E-state index in [2.05, 4.69) is 20.3 Å². The lowest BCUT2D eigenvalue weighted by Crippen LogP contribution is -2.14. The Morgan fingerprint density at radius 1 is 0.955 bits per heavy atom. The lowest BCUT2D eigenvalue weighted by Gasteiger charge is -2.09. The van der Waals surface area contributed by atoms with Gasteiger partial charge >= 0.3 is 0 Å². The number of amides is 1. The van der Waals surface area contributed by atoms with Crippen LogP contribution in [0.2, 0.25) is 0 Å². The minimum atomic E-state index is -0.529. The second-order valence-electron chi connectivity index (χ2n) is 4.54. The van der Waals surface area contributed by atoms with Gasteiger partial charge in [0.1, 0.15) is 5.82 Å². The van der Waals surface area contributed by atoms with Crippen LogP contribution in [0.1, 0.15) is 10.4 Å². The average Bonchev–Trinajstić information content (AvgIpc) is 2.56. The third kappa shape index (κ3) is 2.90. The number of aromatic nitrogens is 3. The summed E-state index contributed by atoms with van der Waals surface area (Å²) in [6.07, 6.45) is 4.97. The number of hydrogen-bond acceptors (Lipinski definition) is 5. The Hall–Kier alpha value is -3.28. The van der Waals surface area contributed by atoms with Crippen LogP contribution in [0.3, 0.4) is 0 Å². The summed E-state index contributed by atoms with van der Waals surface area (Å²) >= 11 is 0. The van der Waals surface area contributed by atoms with Crippen LogP contribution in [0.25, 0.3) is 11.4 Å². The molecular weight excluding hydrogens is 278 g/mol. The first-order valence-corrected chi connectivity index (χ1v) is 6.63. The lowest BCUT2D eigenvalue weighted by atomic mass is 10.1. The van der Waals surface area contributed by atoms with Crippen LogP contribution >= 0.6 is 0 Å². The molecule has 3 aromatic rings. The quantitative estimate of drug-likeness (QED) is 0.769. The molecule has 0 aliphatic carbocycles. The fraction of sp³-hybridized carbons (Fsp3) is 0. The summed E-state index contributed by atoms with van der Waals surface area (Å²) in [5.41, 5.74) is 7.32. The molecule has 0 saturated heterocycles.